The Morgan fingerprint density at radius 3 is 1.24 bits per heavy atom. The van der Waals surface area contributed by atoms with E-state index in [4.69, 9.17) is 9.97 Å². The number of thiazole rings is 2. The molecule has 0 fully saturated rings. The fourth-order valence-electron chi connectivity index (χ4n) is 7.87. The molecule has 51 heavy (non-hydrogen) atoms. The fourth-order valence-corrected chi connectivity index (χ4v) is 13.7. The highest BCUT2D eigenvalue weighted by Gasteiger charge is 2.45. The Kier molecular flexibility index (Phi) is 7.80. The average Bonchev–Trinajstić information content (AvgIpc) is 3.84. The van der Waals surface area contributed by atoms with Gasteiger partial charge in [-0.3, -0.25) is 0 Å². The molecule has 0 atom stereocenters. The van der Waals surface area contributed by atoms with Crippen LogP contribution in [-0.4, -0.2) is 18.0 Å². The van der Waals surface area contributed by atoms with Crippen LogP contribution in [0.1, 0.15) is 33.4 Å². The standard InChI is InChI=1S/C46H36N2S2Si/c1-29-15-13-17-31(27-29)41-42(32-18-14-16-30(2)28-32)44(34-20-6-8-22-36(34)46-48-38-24-10-12-26-40(38)50-46)51(3,4)43(41)33-19-5-7-21-35(33)45-47-37-23-9-11-25-39(37)49-45/h5-28H,1-4H3. The van der Waals surface area contributed by atoms with Crippen LogP contribution in [0.4, 0.5) is 0 Å². The Bertz CT molecular complexity index is 2460. The Morgan fingerprint density at radius 2 is 0.824 bits per heavy atom. The maximum atomic E-state index is 5.21. The number of para-hydroxylation sites is 2. The molecule has 8 aromatic rings. The molecule has 1 aliphatic rings. The minimum atomic E-state index is -2.50. The predicted molar refractivity (Wildman–Crippen MR) is 224 cm³/mol. The molecule has 1 aliphatic heterocycles. The molecule has 0 unspecified atom stereocenters. The molecule has 0 N–H and O–H groups in total. The van der Waals surface area contributed by atoms with Crippen LogP contribution in [0.25, 0.3) is 63.1 Å². The van der Waals surface area contributed by atoms with Crippen molar-refractivity contribution in [2.45, 2.75) is 26.9 Å². The molecular weight excluding hydrogens is 673 g/mol. The first kappa shape index (κ1) is 31.8. The number of hydrogen-bond acceptors (Lipinski definition) is 4. The van der Waals surface area contributed by atoms with Gasteiger partial charge in [0.25, 0.3) is 0 Å². The van der Waals surface area contributed by atoms with E-state index in [1.54, 1.807) is 22.7 Å². The van der Waals surface area contributed by atoms with Crippen LogP contribution >= 0.6 is 22.7 Å². The zero-order valence-electron chi connectivity index (χ0n) is 29.1. The van der Waals surface area contributed by atoms with Gasteiger partial charge in [-0.1, -0.05) is 146 Å². The normalized spacial score (nSPS) is 14.3. The molecule has 6 aromatic carbocycles. The third-order valence-electron chi connectivity index (χ3n) is 10.1. The highest BCUT2D eigenvalue weighted by atomic mass is 32.1. The Labute approximate surface area is 308 Å². The summed E-state index contributed by atoms with van der Waals surface area (Å²) < 4.78 is 2.42. The van der Waals surface area contributed by atoms with Crippen molar-refractivity contribution in [1.82, 2.24) is 9.97 Å². The first-order valence-electron chi connectivity index (χ1n) is 17.4. The van der Waals surface area contributed by atoms with E-state index in [0.717, 1.165) is 21.0 Å². The number of hydrogen-bond donors (Lipinski definition) is 0. The van der Waals surface area contributed by atoms with Crippen LogP contribution < -0.4 is 0 Å². The summed E-state index contributed by atoms with van der Waals surface area (Å²) in [6, 6.07) is 53.2. The van der Waals surface area contributed by atoms with Crippen LogP contribution in [0.15, 0.2) is 146 Å². The zero-order valence-corrected chi connectivity index (χ0v) is 31.7. The van der Waals surface area contributed by atoms with Gasteiger partial charge in [0.05, 0.1) is 20.4 Å². The lowest BCUT2D eigenvalue weighted by atomic mass is 9.87. The molecule has 0 bridgehead atoms. The molecule has 246 valence electrons. The van der Waals surface area contributed by atoms with Crippen LogP contribution in [0.2, 0.25) is 13.1 Å². The van der Waals surface area contributed by atoms with E-state index in [1.165, 1.54) is 75.4 Å². The number of aromatic nitrogens is 2. The van der Waals surface area contributed by atoms with Crippen molar-refractivity contribution in [3.8, 4) is 21.1 Å². The first-order chi connectivity index (χ1) is 24.9. The van der Waals surface area contributed by atoms with E-state index >= 15 is 0 Å². The molecule has 9 rings (SSSR count). The first-order valence-corrected chi connectivity index (χ1v) is 22.0. The Hall–Kier alpha value is -5.20. The number of nitrogens with zero attached hydrogens (tertiary/aromatic N) is 2. The van der Waals surface area contributed by atoms with Crippen molar-refractivity contribution in [1.29, 1.82) is 0 Å². The molecule has 0 amide bonds. The molecule has 0 radical (unpaired) electrons. The smallest absolute Gasteiger partial charge is 0.125 e. The summed E-state index contributed by atoms with van der Waals surface area (Å²) in [6.07, 6.45) is 0. The monoisotopic (exact) mass is 708 g/mol. The Morgan fingerprint density at radius 1 is 0.431 bits per heavy atom. The van der Waals surface area contributed by atoms with E-state index in [-0.39, 0.29) is 0 Å². The number of allylic oxidation sites excluding steroid dienone is 2. The van der Waals surface area contributed by atoms with E-state index < -0.39 is 8.07 Å². The second-order valence-corrected chi connectivity index (χ2v) is 20.2. The van der Waals surface area contributed by atoms with Crippen LogP contribution in [0.3, 0.4) is 0 Å². The maximum absolute atomic E-state index is 5.21. The molecule has 5 heteroatoms. The molecule has 0 saturated carbocycles. The largest absolute Gasteiger partial charge is 0.236 e. The van der Waals surface area contributed by atoms with Crippen molar-refractivity contribution >= 4 is 72.7 Å². The predicted octanol–water partition coefficient (Wildman–Crippen LogP) is 13.2. The molecule has 0 spiro atoms. The van der Waals surface area contributed by atoms with Gasteiger partial charge in [-0.25, -0.2) is 9.97 Å². The van der Waals surface area contributed by atoms with Gasteiger partial charge in [0, 0.05) is 11.1 Å². The zero-order chi connectivity index (χ0) is 34.7. The highest BCUT2D eigenvalue weighted by molar-refractivity contribution is 7.22. The maximum Gasteiger partial charge on any atom is 0.125 e. The summed E-state index contributed by atoms with van der Waals surface area (Å²) in [4.78, 5) is 10.4. The van der Waals surface area contributed by atoms with Crippen molar-refractivity contribution in [2.24, 2.45) is 0 Å². The second-order valence-electron chi connectivity index (χ2n) is 13.9. The summed E-state index contributed by atoms with van der Waals surface area (Å²) in [5.74, 6) is 0. The molecule has 0 aliphatic carbocycles. The third-order valence-corrected chi connectivity index (χ3v) is 15.7. The molecule has 0 saturated heterocycles. The lowest BCUT2D eigenvalue weighted by Crippen LogP contribution is -2.29. The number of benzene rings is 6. The molecule has 2 nitrogen and oxygen atoms in total. The number of fused-ring (bicyclic) bond motifs is 2. The van der Waals surface area contributed by atoms with Crippen molar-refractivity contribution < 1.29 is 0 Å². The Balaban J connectivity index is 1.39. The minimum Gasteiger partial charge on any atom is -0.236 e. The lowest BCUT2D eigenvalue weighted by Gasteiger charge is -2.28. The number of aryl methyl sites for hydroxylation is 2. The quantitative estimate of drug-likeness (QED) is 0.161. The van der Waals surface area contributed by atoms with E-state index in [0.29, 0.717) is 0 Å². The van der Waals surface area contributed by atoms with Gasteiger partial charge in [-0.05, 0) is 81.9 Å². The van der Waals surface area contributed by atoms with Crippen molar-refractivity contribution in [2.75, 3.05) is 0 Å². The van der Waals surface area contributed by atoms with Gasteiger partial charge in [-0.2, -0.15) is 0 Å². The van der Waals surface area contributed by atoms with Gasteiger partial charge in [-0.15, -0.1) is 22.7 Å². The van der Waals surface area contributed by atoms with Crippen LogP contribution in [-0.2, 0) is 0 Å². The van der Waals surface area contributed by atoms with Crippen LogP contribution in [0.5, 0.6) is 0 Å². The minimum absolute atomic E-state index is 1.05. The molecule has 3 heterocycles. The van der Waals surface area contributed by atoms with Crippen molar-refractivity contribution in [3.05, 3.63) is 179 Å². The fraction of sp³-hybridized carbons (Fsp3) is 0.0870. The third kappa shape index (κ3) is 5.44. The summed E-state index contributed by atoms with van der Waals surface area (Å²) in [6.45, 7) is 9.52. The number of rotatable bonds is 6. The molecule has 2 aromatic heterocycles. The van der Waals surface area contributed by atoms with E-state index in [9.17, 15) is 0 Å². The van der Waals surface area contributed by atoms with Gasteiger partial charge < -0.3 is 0 Å². The SMILES string of the molecule is Cc1cccc(C2=C(c3ccccc3-c3nc4ccccc4s3)[Si](C)(C)C(c3ccccc3-c3nc4ccccc4s3)=C2c2cccc(C)c2)c1. The van der Waals surface area contributed by atoms with E-state index in [2.05, 4.69) is 173 Å². The summed E-state index contributed by atoms with van der Waals surface area (Å²) in [7, 11) is -2.50. The average molecular weight is 709 g/mol. The topological polar surface area (TPSA) is 25.8 Å². The second kappa shape index (κ2) is 12.5. The summed E-state index contributed by atoms with van der Waals surface area (Å²) in [5.41, 5.74) is 14.8. The summed E-state index contributed by atoms with van der Waals surface area (Å²) in [5, 5.41) is 5.03. The molecular formula is C46H36N2S2Si. The van der Waals surface area contributed by atoms with Gasteiger partial charge >= 0.3 is 0 Å². The van der Waals surface area contributed by atoms with Crippen molar-refractivity contribution in [3.63, 3.8) is 0 Å². The van der Waals surface area contributed by atoms with Gasteiger partial charge in [0.15, 0.2) is 0 Å². The highest BCUT2D eigenvalue weighted by Crippen LogP contribution is 2.58. The van der Waals surface area contributed by atoms with Gasteiger partial charge in [0.1, 0.15) is 18.1 Å². The van der Waals surface area contributed by atoms with Crippen LogP contribution in [0, 0.1) is 13.8 Å². The van der Waals surface area contributed by atoms with Gasteiger partial charge in [0.2, 0.25) is 0 Å². The van der Waals surface area contributed by atoms with E-state index in [1.807, 2.05) is 0 Å². The summed E-state index contributed by atoms with van der Waals surface area (Å²) >= 11 is 3.56. The lowest BCUT2D eigenvalue weighted by molar-refractivity contribution is 1.43.